The van der Waals surface area contributed by atoms with E-state index < -0.39 is 5.97 Å². The van der Waals surface area contributed by atoms with E-state index in [4.69, 9.17) is 4.74 Å². The molecule has 3 saturated heterocycles. The number of piperidine rings is 1. The van der Waals surface area contributed by atoms with Crippen LogP contribution >= 0.6 is 0 Å². The van der Waals surface area contributed by atoms with Crippen molar-refractivity contribution in [1.29, 1.82) is 0 Å². The Hall–Kier alpha value is -1.38. The maximum absolute atomic E-state index is 11.9. The molecule has 0 aromatic rings. The maximum Gasteiger partial charge on any atom is 0.411 e. The molecule has 8 nitrogen and oxygen atoms in total. The van der Waals surface area contributed by atoms with Crippen LogP contribution in [-0.4, -0.2) is 97.0 Å². The van der Waals surface area contributed by atoms with Gasteiger partial charge in [-0.05, 0) is 43.2 Å². The van der Waals surface area contributed by atoms with E-state index in [0.29, 0.717) is 24.9 Å². The molecule has 0 radical (unpaired) electrons. The summed E-state index contributed by atoms with van der Waals surface area (Å²) >= 11 is 0. The van der Waals surface area contributed by atoms with Gasteiger partial charge in [-0.2, -0.15) is 0 Å². The van der Waals surface area contributed by atoms with Crippen LogP contribution in [0, 0.1) is 17.3 Å². The molecule has 166 valence electrons. The highest BCUT2D eigenvalue weighted by atomic mass is 16.6. The maximum atomic E-state index is 11.9. The Morgan fingerprint density at radius 1 is 1.24 bits per heavy atom. The standard InChI is InChI=1S/C21H38N4O4/c1-21(2,3)19(15-5-8-22-9-6-15)16-13-25(17-14-23(4)20(28)29-17)12-11-24(16)10-7-18(26)27/h15-17,19,22H,5-14H2,1-4H3,(H,26,27). The van der Waals surface area contributed by atoms with Gasteiger partial charge in [-0.1, -0.05) is 20.8 Å². The van der Waals surface area contributed by atoms with Gasteiger partial charge in [0.25, 0.3) is 0 Å². The van der Waals surface area contributed by atoms with Crippen molar-refractivity contribution in [2.75, 3.05) is 52.9 Å². The molecule has 8 heteroatoms. The normalized spacial score (nSPS) is 29.1. The number of piperazine rings is 1. The monoisotopic (exact) mass is 410 g/mol. The van der Waals surface area contributed by atoms with Crippen molar-refractivity contribution in [2.45, 2.75) is 52.3 Å². The number of hydrogen-bond acceptors (Lipinski definition) is 6. The van der Waals surface area contributed by atoms with Crippen LogP contribution in [0.2, 0.25) is 0 Å². The summed E-state index contributed by atoms with van der Waals surface area (Å²) in [6, 6.07) is 0.260. The minimum atomic E-state index is -0.744. The van der Waals surface area contributed by atoms with Crippen LogP contribution in [0.4, 0.5) is 4.79 Å². The average molecular weight is 411 g/mol. The van der Waals surface area contributed by atoms with E-state index in [1.54, 1.807) is 11.9 Å². The Bertz CT molecular complexity index is 588. The molecule has 0 saturated carbocycles. The third-order valence-corrected chi connectivity index (χ3v) is 6.87. The van der Waals surface area contributed by atoms with Crippen LogP contribution in [0.15, 0.2) is 0 Å². The lowest BCUT2D eigenvalue weighted by Crippen LogP contribution is -2.62. The first-order valence-electron chi connectivity index (χ1n) is 11.0. The van der Waals surface area contributed by atoms with Crippen molar-refractivity contribution in [3.8, 4) is 0 Å². The first-order chi connectivity index (χ1) is 13.7. The number of likely N-dealkylation sites (N-methyl/N-ethyl adjacent to an activating group) is 1. The van der Waals surface area contributed by atoms with Crippen molar-refractivity contribution >= 4 is 12.1 Å². The average Bonchev–Trinajstić information content (AvgIpc) is 2.99. The predicted octanol–water partition coefficient (Wildman–Crippen LogP) is 1.52. The second-order valence-electron chi connectivity index (χ2n) is 9.94. The number of nitrogens with zero attached hydrogens (tertiary/aromatic N) is 3. The van der Waals surface area contributed by atoms with Gasteiger partial charge in [-0.15, -0.1) is 0 Å². The van der Waals surface area contributed by atoms with Crippen LogP contribution in [0.5, 0.6) is 0 Å². The van der Waals surface area contributed by atoms with E-state index in [-0.39, 0.29) is 30.2 Å². The molecule has 3 atom stereocenters. The number of amides is 1. The summed E-state index contributed by atoms with van der Waals surface area (Å²) in [6.45, 7) is 12.6. The van der Waals surface area contributed by atoms with E-state index in [1.807, 2.05) is 0 Å². The molecule has 1 amide bonds. The van der Waals surface area contributed by atoms with Crippen molar-refractivity contribution in [1.82, 2.24) is 20.0 Å². The van der Waals surface area contributed by atoms with E-state index >= 15 is 0 Å². The molecule has 3 heterocycles. The number of carboxylic acid groups (broad SMARTS) is 1. The summed E-state index contributed by atoms with van der Waals surface area (Å²) < 4.78 is 5.60. The van der Waals surface area contributed by atoms with Crippen LogP contribution in [0.3, 0.4) is 0 Å². The number of cyclic esters (lactones) is 1. The van der Waals surface area contributed by atoms with Gasteiger partial charge < -0.3 is 20.1 Å². The molecule has 0 bridgehead atoms. The fourth-order valence-electron chi connectivity index (χ4n) is 5.53. The van der Waals surface area contributed by atoms with Gasteiger partial charge in [0.15, 0.2) is 6.23 Å². The predicted molar refractivity (Wildman–Crippen MR) is 111 cm³/mol. The summed E-state index contributed by atoms with van der Waals surface area (Å²) in [6.07, 6.45) is 2.02. The Kier molecular flexibility index (Phi) is 7.06. The zero-order valence-electron chi connectivity index (χ0n) is 18.4. The Balaban J connectivity index is 1.81. The summed E-state index contributed by atoms with van der Waals surface area (Å²) in [7, 11) is 1.77. The van der Waals surface area contributed by atoms with Crippen LogP contribution in [0.1, 0.15) is 40.0 Å². The van der Waals surface area contributed by atoms with Crippen LogP contribution < -0.4 is 5.32 Å². The number of carbonyl (C=O) groups excluding carboxylic acids is 1. The summed E-state index contributed by atoms with van der Waals surface area (Å²) in [4.78, 5) is 29.5. The number of nitrogens with one attached hydrogen (secondary N) is 1. The molecule has 3 unspecified atom stereocenters. The quantitative estimate of drug-likeness (QED) is 0.687. The number of rotatable bonds is 6. The number of carboxylic acids is 1. The molecule has 0 aliphatic carbocycles. The Morgan fingerprint density at radius 3 is 2.48 bits per heavy atom. The summed E-state index contributed by atoms with van der Waals surface area (Å²) in [5.41, 5.74) is 0.111. The van der Waals surface area contributed by atoms with Crippen molar-refractivity contribution in [3.63, 3.8) is 0 Å². The fourth-order valence-corrected chi connectivity index (χ4v) is 5.53. The highest BCUT2D eigenvalue weighted by molar-refractivity contribution is 5.69. The van der Waals surface area contributed by atoms with Gasteiger partial charge in [0.05, 0.1) is 13.0 Å². The minimum absolute atomic E-state index is 0.111. The van der Waals surface area contributed by atoms with Crippen LogP contribution in [0.25, 0.3) is 0 Å². The zero-order valence-corrected chi connectivity index (χ0v) is 18.4. The van der Waals surface area contributed by atoms with Crippen molar-refractivity contribution in [2.24, 2.45) is 17.3 Å². The van der Waals surface area contributed by atoms with Gasteiger partial charge in [0, 0.05) is 39.3 Å². The van der Waals surface area contributed by atoms with Crippen molar-refractivity contribution < 1.29 is 19.4 Å². The third kappa shape index (κ3) is 5.41. The topological polar surface area (TPSA) is 85.3 Å². The number of hydrogen-bond donors (Lipinski definition) is 2. The second kappa shape index (κ2) is 9.18. The number of ether oxygens (including phenoxy) is 1. The van der Waals surface area contributed by atoms with Gasteiger partial charge in [-0.3, -0.25) is 14.6 Å². The SMILES string of the molecule is CN1CC(N2CCN(CCC(=O)O)C(C(C3CCNCC3)C(C)(C)C)C2)OC1=O. The lowest BCUT2D eigenvalue weighted by atomic mass is 9.65. The van der Waals surface area contributed by atoms with E-state index in [1.165, 1.54) is 0 Å². The Labute approximate surface area is 174 Å². The first-order valence-corrected chi connectivity index (χ1v) is 11.0. The lowest BCUT2D eigenvalue weighted by molar-refractivity contribution is -0.138. The highest BCUT2D eigenvalue weighted by Gasteiger charge is 2.45. The summed E-state index contributed by atoms with van der Waals surface area (Å²) in [5, 5.41) is 12.7. The zero-order chi connectivity index (χ0) is 21.2. The molecule has 3 fully saturated rings. The molecular weight excluding hydrogens is 372 g/mol. The second-order valence-corrected chi connectivity index (χ2v) is 9.94. The first kappa shape index (κ1) is 22.3. The molecule has 3 rings (SSSR count). The molecular formula is C21H38N4O4. The molecule has 29 heavy (non-hydrogen) atoms. The van der Waals surface area contributed by atoms with Crippen molar-refractivity contribution in [3.05, 3.63) is 0 Å². The Morgan fingerprint density at radius 2 is 1.93 bits per heavy atom. The third-order valence-electron chi connectivity index (χ3n) is 6.87. The molecule has 0 spiro atoms. The van der Waals surface area contributed by atoms with Crippen LogP contribution in [-0.2, 0) is 9.53 Å². The van der Waals surface area contributed by atoms with E-state index in [0.717, 1.165) is 45.6 Å². The lowest BCUT2D eigenvalue weighted by Gasteiger charge is -2.52. The van der Waals surface area contributed by atoms with E-state index in [9.17, 15) is 14.7 Å². The fraction of sp³-hybridized carbons (Fsp3) is 0.905. The number of carbonyl (C=O) groups is 2. The molecule has 3 aliphatic rings. The number of aliphatic carboxylic acids is 1. The van der Waals surface area contributed by atoms with E-state index in [2.05, 4.69) is 35.9 Å². The molecule has 3 aliphatic heterocycles. The van der Waals surface area contributed by atoms with Gasteiger partial charge in [0.1, 0.15) is 0 Å². The van der Waals surface area contributed by atoms with Gasteiger partial charge in [0.2, 0.25) is 0 Å². The smallest absolute Gasteiger partial charge is 0.411 e. The molecule has 0 aromatic heterocycles. The van der Waals surface area contributed by atoms with Gasteiger partial charge >= 0.3 is 12.1 Å². The molecule has 0 aromatic carbocycles. The largest absolute Gasteiger partial charge is 0.481 e. The minimum Gasteiger partial charge on any atom is -0.481 e. The highest BCUT2D eigenvalue weighted by Crippen LogP contribution is 2.42. The molecule has 2 N–H and O–H groups in total. The summed E-state index contributed by atoms with van der Waals surface area (Å²) in [5.74, 6) is 0.324. The van der Waals surface area contributed by atoms with Gasteiger partial charge in [-0.25, -0.2) is 4.79 Å².